The van der Waals surface area contributed by atoms with E-state index in [1.165, 1.54) is 28.8 Å². The second-order valence-electron chi connectivity index (χ2n) is 18.0. The van der Waals surface area contributed by atoms with Crippen LogP contribution in [0.1, 0.15) is 70.6 Å². The monoisotopic (exact) mass is 1040 g/mol. The number of ether oxygens (including phenoxy) is 6. The first kappa shape index (κ1) is 58.6. The Morgan fingerprint density at radius 2 is 1.29 bits per heavy atom. The van der Waals surface area contributed by atoms with Crippen LogP contribution in [0.2, 0.25) is 0 Å². The van der Waals surface area contributed by atoms with Crippen LogP contribution in [0, 0.1) is 11.8 Å². The molecular formula is C50H73N7O15S. The Morgan fingerprint density at radius 3 is 1.90 bits per heavy atom. The lowest BCUT2D eigenvalue weighted by molar-refractivity contribution is -0.140. The number of hydrogen-bond donors (Lipinski definition) is 5. The van der Waals surface area contributed by atoms with Gasteiger partial charge in [0.15, 0.2) is 0 Å². The van der Waals surface area contributed by atoms with Gasteiger partial charge in [0.25, 0.3) is 11.8 Å². The summed E-state index contributed by atoms with van der Waals surface area (Å²) in [4.78, 5) is 114. The van der Waals surface area contributed by atoms with Crippen LogP contribution in [0.15, 0.2) is 42.5 Å². The van der Waals surface area contributed by atoms with Crippen molar-refractivity contribution in [2.24, 2.45) is 11.8 Å². The summed E-state index contributed by atoms with van der Waals surface area (Å²) in [6, 6.07) is 7.56. The molecule has 3 aliphatic heterocycles. The lowest BCUT2D eigenvalue weighted by Gasteiger charge is -2.30. The number of amides is 9. The lowest BCUT2D eigenvalue weighted by atomic mass is 9.81. The van der Waals surface area contributed by atoms with Gasteiger partial charge in [0.05, 0.1) is 77.9 Å². The SMILES string of the molecule is O=C(COCCOCCOCCOCCOCCOCCNC(=O)C1CCC(CN2C(=O)CC(SCCCCC[C@H](NC(=O)[C@H]3CCC(=O)N3)C(=O)Nc3ccccc3)C2=O)CC1)NCCN1C(=O)C=CC1=O. The number of likely N-dealkylation sites (tertiary alicyclic amines) is 1. The average Bonchev–Trinajstić information content (AvgIpc) is 4.05. The average molecular weight is 1040 g/mol. The van der Waals surface area contributed by atoms with E-state index < -0.39 is 29.1 Å². The highest BCUT2D eigenvalue weighted by Gasteiger charge is 2.40. The molecule has 3 fully saturated rings. The van der Waals surface area contributed by atoms with Gasteiger partial charge >= 0.3 is 0 Å². The first-order chi connectivity index (χ1) is 35.5. The summed E-state index contributed by atoms with van der Waals surface area (Å²) in [5, 5.41) is 13.4. The van der Waals surface area contributed by atoms with Crippen molar-refractivity contribution in [2.45, 2.75) is 88.0 Å². The van der Waals surface area contributed by atoms with Crippen LogP contribution in [0.5, 0.6) is 0 Å². The lowest BCUT2D eigenvalue weighted by Crippen LogP contribution is -2.50. The standard InChI is InChI=1S/C50H73N7O15S/c58-42-15-14-40(54-42)49(65)55-39(48(64)53-38-7-3-1-4-8-38)9-5-2-6-32-73-41-33-46(62)57(50(41)66)34-36-10-12-37(13-11-36)47(63)52-19-21-67-22-23-68-24-25-69-26-27-70-28-29-71-30-31-72-35-43(59)51-18-20-56-44(60)16-17-45(56)61/h1,3-4,7-8,16-17,36-37,39-41H,2,5-6,9-15,18-35H2,(H,51,59)(H,52,63)(H,53,64)(H,54,58)(H,55,65)/t36?,37?,39-,40+,41?/m0/s1. The Bertz CT molecular complexity index is 1970. The molecule has 3 atom stereocenters. The van der Waals surface area contributed by atoms with E-state index in [4.69, 9.17) is 28.4 Å². The number of carbonyl (C=O) groups excluding carboxylic acids is 9. The zero-order valence-corrected chi connectivity index (χ0v) is 42.5. The van der Waals surface area contributed by atoms with Crippen molar-refractivity contribution in [2.75, 3.05) is 117 Å². The summed E-state index contributed by atoms with van der Waals surface area (Å²) in [5.74, 6) is -1.64. The molecule has 5 N–H and O–H groups in total. The molecular weight excluding hydrogens is 971 g/mol. The fraction of sp³-hybridized carbons (Fsp3) is 0.660. The second-order valence-corrected chi connectivity index (χ2v) is 19.3. The Hall–Kier alpha value is -5.30. The number of unbranched alkanes of at least 4 members (excludes halogenated alkanes) is 2. The van der Waals surface area contributed by atoms with Crippen LogP contribution in [-0.4, -0.2) is 192 Å². The smallest absolute Gasteiger partial charge is 0.253 e. The fourth-order valence-electron chi connectivity index (χ4n) is 8.46. The number of nitrogens with one attached hydrogen (secondary N) is 5. The zero-order valence-electron chi connectivity index (χ0n) is 41.7. The molecule has 4 aliphatic rings. The number of para-hydroxylation sites is 1. The molecule has 0 bridgehead atoms. The third-order valence-electron chi connectivity index (χ3n) is 12.5. The summed E-state index contributed by atoms with van der Waals surface area (Å²) in [6.07, 6.45) is 8.72. The third kappa shape index (κ3) is 22.0. The largest absolute Gasteiger partial charge is 0.377 e. The molecule has 1 aliphatic carbocycles. The molecule has 1 aromatic rings. The maximum Gasteiger partial charge on any atom is 0.253 e. The van der Waals surface area contributed by atoms with Gasteiger partial charge in [-0.3, -0.25) is 53.0 Å². The number of carbonyl (C=O) groups is 9. The number of rotatable bonds is 37. The van der Waals surface area contributed by atoms with E-state index in [0.717, 1.165) is 30.6 Å². The van der Waals surface area contributed by atoms with E-state index in [9.17, 15) is 43.2 Å². The number of nitrogens with zero attached hydrogens (tertiary/aromatic N) is 2. The molecule has 0 aromatic heterocycles. The molecule has 1 saturated carbocycles. The van der Waals surface area contributed by atoms with E-state index in [-0.39, 0.29) is 92.3 Å². The molecule has 73 heavy (non-hydrogen) atoms. The van der Waals surface area contributed by atoms with E-state index >= 15 is 0 Å². The molecule has 9 amide bonds. The highest BCUT2D eigenvalue weighted by Crippen LogP contribution is 2.33. The van der Waals surface area contributed by atoms with Gasteiger partial charge < -0.3 is 55.0 Å². The minimum atomic E-state index is -0.777. The molecule has 23 heteroatoms. The van der Waals surface area contributed by atoms with Crippen molar-refractivity contribution in [3.63, 3.8) is 0 Å². The predicted molar refractivity (Wildman–Crippen MR) is 266 cm³/mol. The Morgan fingerprint density at radius 1 is 0.671 bits per heavy atom. The van der Waals surface area contributed by atoms with Crippen molar-refractivity contribution in [1.29, 1.82) is 0 Å². The second kappa shape index (κ2) is 33.5. The van der Waals surface area contributed by atoms with Crippen LogP contribution in [0.3, 0.4) is 0 Å². The van der Waals surface area contributed by atoms with Gasteiger partial charge in [-0.15, -0.1) is 11.8 Å². The summed E-state index contributed by atoms with van der Waals surface area (Å²) in [6.45, 7) is 4.82. The van der Waals surface area contributed by atoms with Crippen molar-refractivity contribution < 1.29 is 71.6 Å². The fourth-order valence-corrected chi connectivity index (χ4v) is 9.65. The Labute approximate surface area is 430 Å². The Kier molecular flexibility index (Phi) is 26.9. The number of anilines is 1. The molecule has 22 nitrogen and oxygen atoms in total. The van der Waals surface area contributed by atoms with Gasteiger partial charge in [0.2, 0.25) is 41.4 Å². The maximum atomic E-state index is 13.3. The molecule has 2 saturated heterocycles. The third-order valence-corrected chi connectivity index (χ3v) is 13.8. The quantitative estimate of drug-likeness (QED) is 0.0457. The van der Waals surface area contributed by atoms with Crippen molar-refractivity contribution in [3.05, 3.63) is 42.5 Å². The van der Waals surface area contributed by atoms with Gasteiger partial charge in [0, 0.05) is 62.8 Å². The molecule has 5 rings (SSSR count). The van der Waals surface area contributed by atoms with Crippen LogP contribution < -0.4 is 26.6 Å². The molecule has 404 valence electrons. The molecule has 0 spiro atoms. The summed E-state index contributed by atoms with van der Waals surface area (Å²) < 4.78 is 32.7. The number of thioether (sulfide) groups is 1. The Balaban J connectivity index is 0.786. The van der Waals surface area contributed by atoms with E-state index in [1.807, 2.05) is 18.2 Å². The molecule has 3 heterocycles. The topological polar surface area (TPSA) is 276 Å². The van der Waals surface area contributed by atoms with Crippen LogP contribution in [0.4, 0.5) is 5.69 Å². The van der Waals surface area contributed by atoms with E-state index in [1.54, 1.807) is 12.1 Å². The van der Waals surface area contributed by atoms with Crippen molar-refractivity contribution in [3.8, 4) is 0 Å². The summed E-state index contributed by atoms with van der Waals surface area (Å²) in [7, 11) is 0. The maximum absolute atomic E-state index is 13.3. The zero-order chi connectivity index (χ0) is 52.0. The van der Waals surface area contributed by atoms with Crippen LogP contribution in [0.25, 0.3) is 0 Å². The van der Waals surface area contributed by atoms with E-state index in [2.05, 4.69) is 26.6 Å². The van der Waals surface area contributed by atoms with Crippen molar-refractivity contribution >= 4 is 70.6 Å². The summed E-state index contributed by atoms with van der Waals surface area (Å²) in [5.41, 5.74) is 0.619. The van der Waals surface area contributed by atoms with Gasteiger partial charge in [-0.05, 0) is 68.7 Å². The van der Waals surface area contributed by atoms with Crippen LogP contribution >= 0.6 is 11.8 Å². The van der Waals surface area contributed by atoms with E-state index in [0.29, 0.717) is 123 Å². The van der Waals surface area contributed by atoms with Crippen molar-refractivity contribution in [1.82, 2.24) is 31.1 Å². The first-order valence-electron chi connectivity index (χ1n) is 25.4. The predicted octanol–water partition coefficient (Wildman–Crippen LogP) is 0.873. The van der Waals surface area contributed by atoms with Gasteiger partial charge in [-0.2, -0.15) is 0 Å². The molecule has 1 aromatic carbocycles. The highest BCUT2D eigenvalue weighted by molar-refractivity contribution is 8.00. The highest BCUT2D eigenvalue weighted by atomic mass is 32.2. The normalized spacial score (nSPS) is 20.1. The first-order valence-corrected chi connectivity index (χ1v) is 26.5. The van der Waals surface area contributed by atoms with Gasteiger partial charge in [0.1, 0.15) is 18.7 Å². The summed E-state index contributed by atoms with van der Waals surface area (Å²) >= 11 is 1.48. The minimum Gasteiger partial charge on any atom is -0.377 e. The minimum absolute atomic E-state index is 0.0132. The van der Waals surface area contributed by atoms with Crippen LogP contribution in [-0.2, 0) is 71.6 Å². The number of imide groups is 2. The van der Waals surface area contributed by atoms with Gasteiger partial charge in [-0.1, -0.05) is 31.0 Å². The number of benzene rings is 1. The number of hydrogen-bond acceptors (Lipinski definition) is 16. The van der Waals surface area contributed by atoms with Gasteiger partial charge in [-0.25, -0.2) is 0 Å². The molecule has 1 unspecified atom stereocenters. The molecule has 0 radical (unpaired) electrons.